The number of aryl methyl sites for hydroxylation is 1. The standard InChI is InChI=1S/C15H13N3O2/c16-9-10-5-7-11(8-6-10)14(19)17-15-12-3-1-2-4-13(12)18-20-15/h5-8H,1-4H2,(H,17,19). The Morgan fingerprint density at radius 3 is 2.75 bits per heavy atom. The fourth-order valence-electron chi connectivity index (χ4n) is 2.36. The van der Waals surface area contributed by atoms with Crippen molar-refractivity contribution in [1.82, 2.24) is 5.16 Å². The zero-order chi connectivity index (χ0) is 13.9. The molecular formula is C15H13N3O2. The number of fused-ring (bicyclic) bond motifs is 1. The van der Waals surface area contributed by atoms with E-state index in [9.17, 15) is 4.79 Å². The highest BCUT2D eigenvalue weighted by Crippen LogP contribution is 2.27. The van der Waals surface area contributed by atoms with Gasteiger partial charge in [-0.05, 0) is 49.9 Å². The van der Waals surface area contributed by atoms with Crippen LogP contribution < -0.4 is 5.32 Å². The lowest BCUT2D eigenvalue weighted by Crippen LogP contribution is -2.13. The van der Waals surface area contributed by atoms with Crippen LogP contribution in [0.4, 0.5) is 5.88 Å². The van der Waals surface area contributed by atoms with Gasteiger partial charge in [0.25, 0.3) is 5.91 Å². The van der Waals surface area contributed by atoms with E-state index in [1.165, 1.54) is 0 Å². The number of rotatable bonds is 2. The highest BCUT2D eigenvalue weighted by atomic mass is 16.5. The lowest BCUT2D eigenvalue weighted by molar-refractivity contribution is 0.102. The van der Waals surface area contributed by atoms with Crippen LogP contribution in [0.5, 0.6) is 0 Å². The monoisotopic (exact) mass is 267 g/mol. The van der Waals surface area contributed by atoms with Crippen LogP contribution >= 0.6 is 0 Å². The van der Waals surface area contributed by atoms with Crippen molar-refractivity contribution in [3.8, 4) is 6.07 Å². The third-order valence-corrected chi connectivity index (χ3v) is 3.46. The van der Waals surface area contributed by atoms with Crippen molar-refractivity contribution in [3.63, 3.8) is 0 Å². The van der Waals surface area contributed by atoms with Crippen LogP contribution in [0.1, 0.15) is 40.0 Å². The maximum Gasteiger partial charge on any atom is 0.258 e. The highest BCUT2D eigenvalue weighted by Gasteiger charge is 2.21. The summed E-state index contributed by atoms with van der Waals surface area (Å²) < 4.78 is 5.22. The molecule has 0 bridgehead atoms. The molecule has 20 heavy (non-hydrogen) atoms. The number of anilines is 1. The van der Waals surface area contributed by atoms with Crippen LogP contribution in [0.25, 0.3) is 0 Å². The van der Waals surface area contributed by atoms with Crippen molar-refractivity contribution < 1.29 is 9.32 Å². The third kappa shape index (κ3) is 2.28. The van der Waals surface area contributed by atoms with Gasteiger partial charge >= 0.3 is 0 Å². The Morgan fingerprint density at radius 1 is 1.25 bits per heavy atom. The first-order valence-corrected chi connectivity index (χ1v) is 6.57. The van der Waals surface area contributed by atoms with Gasteiger partial charge in [0.15, 0.2) is 0 Å². The Hall–Kier alpha value is -2.61. The summed E-state index contributed by atoms with van der Waals surface area (Å²) in [4.78, 5) is 12.1. The van der Waals surface area contributed by atoms with Crippen LogP contribution in [0.3, 0.4) is 0 Å². The maximum absolute atomic E-state index is 12.1. The van der Waals surface area contributed by atoms with Gasteiger partial charge in [0.2, 0.25) is 5.88 Å². The zero-order valence-corrected chi connectivity index (χ0v) is 10.8. The van der Waals surface area contributed by atoms with Gasteiger partial charge in [-0.15, -0.1) is 0 Å². The van der Waals surface area contributed by atoms with Gasteiger partial charge in [-0.1, -0.05) is 5.16 Å². The Kier molecular flexibility index (Phi) is 3.21. The molecule has 1 aromatic carbocycles. The average Bonchev–Trinajstić information content (AvgIpc) is 2.91. The predicted octanol–water partition coefficient (Wildman–Crippen LogP) is 2.68. The van der Waals surface area contributed by atoms with Crippen LogP contribution in [0.15, 0.2) is 28.8 Å². The molecule has 2 aromatic rings. The average molecular weight is 267 g/mol. The van der Waals surface area contributed by atoms with E-state index in [0.29, 0.717) is 17.0 Å². The molecule has 0 fully saturated rings. The van der Waals surface area contributed by atoms with Crippen LogP contribution in [-0.2, 0) is 12.8 Å². The Bertz CT molecular complexity index is 680. The van der Waals surface area contributed by atoms with Crippen LogP contribution in [-0.4, -0.2) is 11.1 Å². The number of hydrogen-bond acceptors (Lipinski definition) is 4. The number of carbonyl (C=O) groups excluding carboxylic acids is 1. The SMILES string of the molecule is N#Cc1ccc(C(=O)Nc2onc3c2CCCC3)cc1. The molecule has 0 aliphatic heterocycles. The molecule has 3 rings (SSSR count). The van der Waals surface area contributed by atoms with Gasteiger partial charge < -0.3 is 4.52 Å². The number of nitrogens with zero attached hydrogens (tertiary/aromatic N) is 2. The fourth-order valence-corrected chi connectivity index (χ4v) is 2.36. The molecule has 1 aliphatic carbocycles. The smallest absolute Gasteiger partial charge is 0.258 e. The number of carbonyl (C=O) groups is 1. The molecule has 0 atom stereocenters. The fraction of sp³-hybridized carbons (Fsp3) is 0.267. The van der Waals surface area contributed by atoms with E-state index in [4.69, 9.17) is 9.78 Å². The first kappa shape index (κ1) is 12.4. The van der Waals surface area contributed by atoms with Crippen molar-refractivity contribution >= 4 is 11.8 Å². The second-order valence-electron chi connectivity index (χ2n) is 4.79. The molecule has 1 aliphatic rings. The summed E-state index contributed by atoms with van der Waals surface area (Å²) in [7, 11) is 0. The van der Waals surface area contributed by atoms with E-state index in [2.05, 4.69) is 10.5 Å². The third-order valence-electron chi connectivity index (χ3n) is 3.46. The van der Waals surface area contributed by atoms with Crippen molar-refractivity contribution in [2.75, 3.05) is 5.32 Å². The van der Waals surface area contributed by atoms with Crippen molar-refractivity contribution in [2.24, 2.45) is 0 Å². The summed E-state index contributed by atoms with van der Waals surface area (Å²) in [6.45, 7) is 0. The molecule has 0 saturated heterocycles. The molecular weight excluding hydrogens is 254 g/mol. The number of aromatic nitrogens is 1. The minimum Gasteiger partial charge on any atom is -0.338 e. The number of hydrogen-bond donors (Lipinski definition) is 1. The number of benzene rings is 1. The van der Waals surface area contributed by atoms with Gasteiger partial charge in [-0.3, -0.25) is 10.1 Å². The van der Waals surface area contributed by atoms with E-state index >= 15 is 0 Å². The second-order valence-corrected chi connectivity index (χ2v) is 4.79. The summed E-state index contributed by atoms with van der Waals surface area (Å²) in [5.41, 5.74) is 2.98. The largest absolute Gasteiger partial charge is 0.338 e. The van der Waals surface area contributed by atoms with Gasteiger partial charge in [0.05, 0.1) is 17.3 Å². The van der Waals surface area contributed by atoms with Gasteiger partial charge in [0, 0.05) is 11.1 Å². The molecule has 1 N–H and O–H groups in total. The molecule has 5 heteroatoms. The topological polar surface area (TPSA) is 78.9 Å². The Labute approximate surface area is 116 Å². The number of nitrogens with one attached hydrogen (secondary N) is 1. The summed E-state index contributed by atoms with van der Waals surface area (Å²) in [6, 6.07) is 8.49. The molecule has 0 spiro atoms. The molecule has 0 saturated carbocycles. The van der Waals surface area contributed by atoms with Crippen molar-refractivity contribution in [1.29, 1.82) is 5.26 Å². The second kappa shape index (κ2) is 5.17. The molecule has 0 unspecified atom stereocenters. The van der Waals surface area contributed by atoms with Gasteiger partial charge in [0.1, 0.15) is 0 Å². The van der Waals surface area contributed by atoms with E-state index in [1.807, 2.05) is 6.07 Å². The lowest BCUT2D eigenvalue weighted by Gasteiger charge is -2.09. The minimum atomic E-state index is -0.251. The number of nitriles is 1. The van der Waals surface area contributed by atoms with Crippen LogP contribution in [0, 0.1) is 11.3 Å². The summed E-state index contributed by atoms with van der Waals surface area (Å²) in [5.74, 6) is 0.202. The Morgan fingerprint density at radius 2 is 2.00 bits per heavy atom. The first-order chi connectivity index (χ1) is 9.78. The highest BCUT2D eigenvalue weighted by molar-refractivity contribution is 6.03. The lowest BCUT2D eigenvalue weighted by atomic mass is 9.97. The summed E-state index contributed by atoms with van der Waals surface area (Å²) in [6.07, 6.45) is 4.00. The molecule has 1 amide bonds. The molecule has 1 aromatic heterocycles. The van der Waals surface area contributed by atoms with E-state index in [-0.39, 0.29) is 5.91 Å². The summed E-state index contributed by atoms with van der Waals surface area (Å²) >= 11 is 0. The van der Waals surface area contributed by atoms with E-state index in [1.54, 1.807) is 24.3 Å². The number of amides is 1. The maximum atomic E-state index is 12.1. The Balaban J connectivity index is 1.78. The van der Waals surface area contributed by atoms with Crippen molar-refractivity contribution in [2.45, 2.75) is 25.7 Å². The predicted molar refractivity (Wildman–Crippen MR) is 72.3 cm³/mol. The quantitative estimate of drug-likeness (QED) is 0.907. The van der Waals surface area contributed by atoms with Crippen molar-refractivity contribution in [3.05, 3.63) is 46.6 Å². The summed E-state index contributed by atoms with van der Waals surface area (Å²) in [5, 5.41) is 15.5. The van der Waals surface area contributed by atoms with E-state index < -0.39 is 0 Å². The normalized spacial score (nSPS) is 13.3. The van der Waals surface area contributed by atoms with Gasteiger partial charge in [-0.25, -0.2) is 0 Å². The molecule has 100 valence electrons. The molecule has 1 heterocycles. The molecule has 0 radical (unpaired) electrons. The first-order valence-electron chi connectivity index (χ1n) is 6.57. The van der Waals surface area contributed by atoms with E-state index in [0.717, 1.165) is 36.9 Å². The molecule has 5 nitrogen and oxygen atoms in total. The van der Waals surface area contributed by atoms with Crippen LogP contribution in [0.2, 0.25) is 0 Å². The minimum absolute atomic E-state index is 0.251. The zero-order valence-electron chi connectivity index (χ0n) is 10.8. The van der Waals surface area contributed by atoms with Gasteiger partial charge in [-0.2, -0.15) is 5.26 Å².